The molecule has 5 nitrogen and oxygen atoms in total. The summed E-state index contributed by atoms with van der Waals surface area (Å²) in [6, 6.07) is 4.06. The molecular weight excluding hydrogens is 291 g/mol. The number of halogens is 2. The van der Waals surface area contributed by atoms with Gasteiger partial charge in [0.1, 0.15) is 18.0 Å². The predicted octanol–water partition coefficient (Wildman–Crippen LogP) is 1.64. The zero-order valence-corrected chi connectivity index (χ0v) is 10.2. The first-order valence-corrected chi connectivity index (χ1v) is 5.53. The van der Waals surface area contributed by atoms with Crippen molar-refractivity contribution in [3.8, 4) is 0 Å². The Kier molecular flexibility index (Phi) is 3.48. The number of carbonyl (C=O) groups is 1. The number of rotatable bonds is 3. The highest BCUT2D eigenvalue weighted by Crippen LogP contribution is 2.16. The molecule has 88 valence electrons. The third-order valence-electron chi connectivity index (χ3n) is 2.06. The minimum Gasteiger partial charge on any atom is -0.345 e. The number of aromatic nitrogens is 3. The van der Waals surface area contributed by atoms with Crippen LogP contribution in [0.1, 0.15) is 16.2 Å². The zero-order chi connectivity index (χ0) is 12.3. The van der Waals surface area contributed by atoms with Gasteiger partial charge in [-0.2, -0.15) is 5.10 Å². The van der Waals surface area contributed by atoms with Crippen LogP contribution in [0.2, 0.25) is 0 Å². The Bertz CT molecular complexity index is 529. The average molecular weight is 299 g/mol. The van der Waals surface area contributed by atoms with Gasteiger partial charge in [0.2, 0.25) is 0 Å². The SMILES string of the molecule is O=C(NCc1ncn[nH]1)c1ccc(F)c(Br)c1. The van der Waals surface area contributed by atoms with Crippen molar-refractivity contribution in [3.05, 3.63) is 46.2 Å². The summed E-state index contributed by atoms with van der Waals surface area (Å²) >= 11 is 3.02. The number of aromatic amines is 1. The number of amides is 1. The van der Waals surface area contributed by atoms with Gasteiger partial charge in [-0.15, -0.1) is 0 Å². The molecule has 0 aliphatic rings. The van der Waals surface area contributed by atoms with Gasteiger partial charge in [-0.3, -0.25) is 9.89 Å². The van der Waals surface area contributed by atoms with Gasteiger partial charge in [0.05, 0.1) is 11.0 Å². The molecule has 1 heterocycles. The molecule has 17 heavy (non-hydrogen) atoms. The molecule has 0 saturated heterocycles. The minimum atomic E-state index is -0.406. The van der Waals surface area contributed by atoms with Crippen LogP contribution in [0.5, 0.6) is 0 Å². The number of nitrogens with zero attached hydrogens (tertiary/aromatic N) is 2. The summed E-state index contributed by atoms with van der Waals surface area (Å²) in [5.74, 6) is -0.154. The van der Waals surface area contributed by atoms with Crippen LogP contribution in [-0.2, 0) is 6.54 Å². The summed E-state index contributed by atoms with van der Waals surface area (Å²) in [6.45, 7) is 0.244. The van der Waals surface area contributed by atoms with E-state index in [4.69, 9.17) is 0 Å². The van der Waals surface area contributed by atoms with Crippen molar-refractivity contribution in [2.45, 2.75) is 6.54 Å². The fraction of sp³-hybridized carbons (Fsp3) is 0.100. The van der Waals surface area contributed by atoms with Gasteiger partial charge in [0, 0.05) is 5.56 Å². The summed E-state index contributed by atoms with van der Waals surface area (Å²) < 4.78 is 13.2. The number of hydrogen-bond acceptors (Lipinski definition) is 3. The third-order valence-corrected chi connectivity index (χ3v) is 2.67. The van der Waals surface area contributed by atoms with Crippen LogP contribution < -0.4 is 5.32 Å². The molecule has 7 heteroatoms. The zero-order valence-electron chi connectivity index (χ0n) is 8.58. The van der Waals surface area contributed by atoms with Gasteiger partial charge in [-0.05, 0) is 34.1 Å². The van der Waals surface area contributed by atoms with E-state index in [-0.39, 0.29) is 16.9 Å². The fourth-order valence-corrected chi connectivity index (χ4v) is 1.60. The molecular formula is C10H8BrFN4O. The highest BCUT2D eigenvalue weighted by atomic mass is 79.9. The van der Waals surface area contributed by atoms with Crippen molar-refractivity contribution in [1.29, 1.82) is 0 Å². The summed E-state index contributed by atoms with van der Waals surface area (Å²) in [7, 11) is 0. The monoisotopic (exact) mass is 298 g/mol. The largest absolute Gasteiger partial charge is 0.345 e. The second kappa shape index (κ2) is 5.05. The van der Waals surface area contributed by atoms with E-state index in [1.807, 2.05) is 0 Å². The number of hydrogen-bond donors (Lipinski definition) is 2. The lowest BCUT2D eigenvalue weighted by atomic mass is 10.2. The number of nitrogens with one attached hydrogen (secondary N) is 2. The normalized spacial score (nSPS) is 10.2. The topological polar surface area (TPSA) is 70.7 Å². The Morgan fingerprint density at radius 1 is 1.53 bits per heavy atom. The van der Waals surface area contributed by atoms with Gasteiger partial charge >= 0.3 is 0 Å². The van der Waals surface area contributed by atoms with Crippen molar-refractivity contribution >= 4 is 21.8 Å². The van der Waals surface area contributed by atoms with E-state index in [0.717, 1.165) is 0 Å². The lowest BCUT2D eigenvalue weighted by molar-refractivity contribution is 0.0950. The highest BCUT2D eigenvalue weighted by molar-refractivity contribution is 9.10. The standard InChI is InChI=1S/C10H8BrFN4O/c11-7-3-6(1-2-8(7)12)10(17)13-4-9-14-5-15-16-9/h1-3,5H,4H2,(H,13,17)(H,14,15,16). The quantitative estimate of drug-likeness (QED) is 0.905. The number of carbonyl (C=O) groups excluding carboxylic acids is 1. The lowest BCUT2D eigenvalue weighted by Gasteiger charge is -2.03. The smallest absolute Gasteiger partial charge is 0.251 e. The Labute approximate surface area is 105 Å². The van der Waals surface area contributed by atoms with Gasteiger partial charge in [0.15, 0.2) is 0 Å². The van der Waals surface area contributed by atoms with E-state index in [1.54, 1.807) is 0 Å². The fourth-order valence-electron chi connectivity index (χ4n) is 1.22. The van der Waals surface area contributed by atoms with Crippen molar-refractivity contribution in [2.75, 3.05) is 0 Å². The second-order valence-corrected chi connectivity index (χ2v) is 4.10. The molecule has 0 saturated carbocycles. The van der Waals surface area contributed by atoms with E-state index in [0.29, 0.717) is 11.4 Å². The molecule has 0 aliphatic heterocycles. The summed E-state index contributed by atoms with van der Waals surface area (Å²) in [5.41, 5.74) is 0.373. The van der Waals surface area contributed by atoms with E-state index >= 15 is 0 Å². The summed E-state index contributed by atoms with van der Waals surface area (Å²) in [5, 5.41) is 8.91. The van der Waals surface area contributed by atoms with Crippen molar-refractivity contribution in [1.82, 2.24) is 20.5 Å². The van der Waals surface area contributed by atoms with Gasteiger partial charge in [-0.1, -0.05) is 0 Å². The minimum absolute atomic E-state index is 0.244. The van der Waals surface area contributed by atoms with E-state index in [1.165, 1.54) is 24.5 Å². The second-order valence-electron chi connectivity index (χ2n) is 3.24. The molecule has 2 N–H and O–H groups in total. The molecule has 0 radical (unpaired) electrons. The summed E-state index contributed by atoms with van der Waals surface area (Å²) in [6.07, 6.45) is 1.36. The lowest BCUT2D eigenvalue weighted by Crippen LogP contribution is -2.23. The van der Waals surface area contributed by atoms with Crippen LogP contribution in [0.4, 0.5) is 4.39 Å². The van der Waals surface area contributed by atoms with Gasteiger partial charge < -0.3 is 5.32 Å². The Hall–Kier alpha value is -1.76. The Morgan fingerprint density at radius 2 is 2.35 bits per heavy atom. The molecule has 1 aromatic heterocycles. The Morgan fingerprint density at radius 3 is 3.00 bits per heavy atom. The van der Waals surface area contributed by atoms with E-state index in [9.17, 15) is 9.18 Å². The molecule has 2 rings (SSSR count). The van der Waals surface area contributed by atoms with Crippen LogP contribution in [0, 0.1) is 5.82 Å². The van der Waals surface area contributed by atoms with Crippen molar-refractivity contribution < 1.29 is 9.18 Å². The van der Waals surface area contributed by atoms with Crippen LogP contribution in [0.3, 0.4) is 0 Å². The van der Waals surface area contributed by atoms with Gasteiger partial charge in [-0.25, -0.2) is 9.37 Å². The number of benzene rings is 1. The maximum absolute atomic E-state index is 13.0. The molecule has 0 unspecified atom stereocenters. The highest BCUT2D eigenvalue weighted by Gasteiger charge is 2.08. The van der Waals surface area contributed by atoms with Crippen molar-refractivity contribution in [3.63, 3.8) is 0 Å². The average Bonchev–Trinajstić information content (AvgIpc) is 2.82. The first-order valence-electron chi connectivity index (χ1n) is 4.74. The molecule has 1 aromatic carbocycles. The van der Waals surface area contributed by atoms with E-state index < -0.39 is 5.82 Å². The molecule has 0 atom stereocenters. The summed E-state index contributed by atoms with van der Waals surface area (Å²) in [4.78, 5) is 15.5. The molecule has 0 spiro atoms. The third kappa shape index (κ3) is 2.88. The Balaban J connectivity index is 2.02. The predicted molar refractivity (Wildman–Crippen MR) is 61.7 cm³/mol. The van der Waals surface area contributed by atoms with Crippen LogP contribution in [0.15, 0.2) is 29.0 Å². The molecule has 0 aliphatic carbocycles. The number of H-pyrrole nitrogens is 1. The van der Waals surface area contributed by atoms with Crippen LogP contribution in [0.25, 0.3) is 0 Å². The molecule has 0 bridgehead atoms. The van der Waals surface area contributed by atoms with E-state index in [2.05, 4.69) is 36.4 Å². The van der Waals surface area contributed by atoms with Gasteiger partial charge in [0.25, 0.3) is 5.91 Å². The molecule has 1 amide bonds. The molecule has 2 aromatic rings. The van der Waals surface area contributed by atoms with Crippen LogP contribution >= 0.6 is 15.9 Å². The first kappa shape index (κ1) is 11.7. The van der Waals surface area contributed by atoms with Crippen molar-refractivity contribution in [2.24, 2.45) is 0 Å². The molecule has 0 fully saturated rings. The van der Waals surface area contributed by atoms with Crippen LogP contribution in [-0.4, -0.2) is 21.1 Å². The maximum Gasteiger partial charge on any atom is 0.251 e. The maximum atomic E-state index is 13.0. The first-order chi connectivity index (χ1) is 8.16.